The molecular weight excluding hydrogens is 232 g/mol. The molecule has 0 radical (unpaired) electrons. The van der Waals surface area contributed by atoms with Crippen molar-refractivity contribution in [2.45, 2.75) is 52.0 Å². The summed E-state index contributed by atoms with van der Waals surface area (Å²) in [6, 6.07) is 3.81. The van der Waals surface area contributed by atoms with E-state index in [9.17, 15) is 8.78 Å². The molecule has 1 N–H and O–H groups in total. The smallest absolute Gasteiger partial charge is 0.129 e. The maximum absolute atomic E-state index is 13.3. The van der Waals surface area contributed by atoms with Crippen LogP contribution in [-0.4, -0.2) is 12.1 Å². The van der Waals surface area contributed by atoms with Crippen LogP contribution in [-0.2, 0) is 6.42 Å². The van der Waals surface area contributed by atoms with Gasteiger partial charge in [0, 0.05) is 11.6 Å². The van der Waals surface area contributed by atoms with Crippen LogP contribution in [0.1, 0.15) is 45.6 Å². The highest BCUT2D eigenvalue weighted by atomic mass is 19.1. The van der Waals surface area contributed by atoms with Gasteiger partial charge in [-0.1, -0.05) is 12.5 Å². The van der Waals surface area contributed by atoms with Crippen LogP contribution in [0.25, 0.3) is 0 Å². The molecule has 102 valence electrons. The van der Waals surface area contributed by atoms with Gasteiger partial charge >= 0.3 is 0 Å². The van der Waals surface area contributed by atoms with Crippen molar-refractivity contribution in [1.29, 1.82) is 0 Å². The van der Waals surface area contributed by atoms with Gasteiger partial charge in [0.2, 0.25) is 0 Å². The largest absolute Gasteiger partial charge is 0.312 e. The molecule has 1 rings (SSSR count). The maximum atomic E-state index is 13.3. The van der Waals surface area contributed by atoms with Gasteiger partial charge in [-0.3, -0.25) is 0 Å². The number of hydrogen-bond donors (Lipinski definition) is 1. The number of aryl methyl sites for hydroxylation is 1. The minimum Gasteiger partial charge on any atom is -0.312 e. The van der Waals surface area contributed by atoms with Crippen LogP contribution < -0.4 is 5.32 Å². The van der Waals surface area contributed by atoms with Crippen LogP contribution in [0, 0.1) is 11.6 Å². The molecule has 0 aliphatic heterocycles. The molecule has 0 heterocycles. The van der Waals surface area contributed by atoms with Crippen molar-refractivity contribution < 1.29 is 8.78 Å². The molecule has 0 saturated carbocycles. The Bertz CT molecular complexity index is 369. The topological polar surface area (TPSA) is 12.0 Å². The Morgan fingerprint density at radius 2 is 1.78 bits per heavy atom. The Labute approximate surface area is 109 Å². The van der Waals surface area contributed by atoms with Gasteiger partial charge in [-0.15, -0.1) is 0 Å². The van der Waals surface area contributed by atoms with Gasteiger partial charge in [-0.25, -0.2) is 8.78 Å². The quantitative estimate of drug-likeness (QED) is 0.756. The van der Waals surface area contributed by atoms with Gasteiger partial charge in [0.25, 0.3) is 0 Å². The van der Waals surface area contributed by atoms with Crippen molar-refractivity contribution in [3.05, 3.63) is 35.4 Å². The molecule has 0 spiro atoms. The molecule has 3 heteroatoms. The lowest BCUT2D eigenvalue weighted by Crippen LogP contribution is -2.36. The van der Waals surface area contributed by atoms with E-state index in [4.69, 9.17) is 0 Å². The van der Waals surface area contributed by atoms with E-state index in [0.29, 0.717) is 12.0 Å². The highest BCUT2D eigenvalue weighted by Crippen LogP contribution is 2.13. The van der Waals surface area contributed by atoms with Crippen molar-refractivity contribution in [2.24, 2.45) is 0 Å². The van der Waals surface area contributed by atoms with Gasteiger partial charge in [0.1, 0.15) is 11.6 Å². The summed E-state index contributed by atoms with van der Waals surface area (Å²) in [7, 11) is 0. The van der Waals surface area contributed by atoms with E-state index in [0.717, 1.165) is 31.9 Å². The second-order valence-corrected chi connectivity index (χ2v) is 5.72. The Morgan fingerprint density at radius 3 is 2.39 bits per heavy atom. The third-order valence-corrected chi connectivity index (χ3v) is 2.79. The Kier molecular flexibility index (Phi) is 5.73. The van der Waals surface area contributed by atoms with E-state index >= 15 is 0 Å². The van der Waals surface area contributed by atoms with Crippen molar-refractivity contribution in [3.63, 3.8) is 0 Å². The van der Waals surface area contributed by atoms with E-state index in [-0.39, 0.29) is 5.54 Å². The predicted molar refractivity (Wildman–Crippen MR) is 71.7 cm³/mol. The zero-order valence-corrected chi connectivity index (χ0v) is 11.5. The first-order valence-electron chi connectivity index (χ1n) is 6.57. The molecule has 0 unspecified atom stereocenters. The number of rotatable bonds is 6. The Balaban J connectivity index is 2.18. The zero-order chi connectivity index (χ0) is 13.6. The van der Waals surface area contributed by atoms with Crippen molar-refractivity contribution in [3.8, 4) is 0 Å². The van der Waals surface area contributed by atoms with Crippen molar-refractivity contribution >= 4 is 0 Å². The molecule has 0 amide bonds. The summed E-state index contributed by atoms with van der Waals surface area (Å²) < 4.78 is 26.0. The number of unbranched alkanes of at least 4 members (excludes halogenated alkanes) is 2. The van der Waals surface area contributed by atoms with Crippen molar-refractivity contribution in [1.82, 2.24) is 5.32 Å². The lowest BCUT2D eigenvalue weighted by Gasteiger charge is -2.20. The number of nitrogens with one attached hydrogen (secondary N) is 1. The molecule has 18 heavy (non-hydrogen) atoms. The monoisotopic (exact) mass is 255 g/mol. The lowest BCUT2D eigenvalue weighted by atomic mass is 10.1. The first-order valence-corrected chi connectivity index (χ1v) is 6.57. The van der Waals surface area contributed by atoms with E-state index < -0.39 is 11.6 Å². The fraction of sp³-hybridized carbons (Fsp3) is 0.600. The fourth-order valence-corrected chi connectivity index (χ4v) is 1.81. The Morgan fingerprint density at radius 1 is 1.06 bits per heavy atom. The number of halogens is 2. The molecule has 0 fully saturated rings. The van der Waals surface area contributed by atoms with Gasteiger partial charge < -0.3 is 5.32 Å². The normalized spacial score (nSPS) is 11.8. The van der Waals surface area contributed by atoms with E-state index in [1.165, 1.54) is 12.1 Å². The van der Waals surface area contributed by atoms with Crippen LogP contribution in [0.15, 0.2) is 18.2 Å². The molecule has 0 aliphatic carbocycles. The molecule has 0 bridgehead atoms. The minimum atomic E-state index is -0.509. The first kappa shape index (κ1) is 15.1. The summed E-state index contributed by atoms with van der Waals surface area (Å²) in [6.45, 7) is 7.40. The summed E-state index contributed by atoms with van der Waals surface area (Å²) >= 11 is 0. The summed E-state index contributed by atoms with van der Waals surface area (Å²) in [5.41, 5.74) is 0.767. The van der Waals surface area contributed by atoms with Gasteiger partial charge in [-0.05, 0) is 58.2 Å². The Hall–Kier alpha value is -0.960. The van der Waals surface area contributed by atoms with Gasteiger partial charge in [-0.2, -0.15) is 0 Å². The average Bonchev–Trinajstić information content (AvgIpc) is 2.24. The second-order valence-electron chi connectivity index (χ2n) is 5.72. The molecule has 0 aromatic heterocycles. The molecule has 1 aromatic rings. The van der Waals surface area contributed by atoms with E-state index in [1.807, 2.05) is 0 Å². The second kappa shape index (κ2) is 6.83. The third kappa shape index (κ3) is 6.10. The average molecular weight is 255 g/mol. The summed E-state index contributed by atoms with van der Waals surface area (Å²) in [5, 5.41) is 3.42. The third-order valence-electron chi connectivity index (χ3n) is 2.79. The van der Waals surface area contributed by atoms with Crippen LogP contribution >= 0.6 is 0 Å². The SMILES string of the molecule is CC(C)(C)NCCCCCc1ccc(F)cc1F. The van der Waals surface area contributed by atoms with E-state index in [1.54, 1.807) is 0 Å². The van der Waals surface area contributed by atoms with Gasteiger partial charge in [0.05, 0.1) is 0 Å². The molecule has 0 aliphatic rings. The van der Waals surface area contributed by atoms with Crippen LogP contribution in [0.5, 0.6) is 0 Å². The molecule has 0 atom stereocenters. The standard InChI is InChI=1S/C15H23F2N/c1-15(2,3)18-10-6-4-5-7-12-8-9-13(16)11-14(12)17/h8-9,11,18H,4-7,10H2,1-3H3. The minimum absolute atomic E-state index is 0.156. The molecule has 1 aromatic carbocycles. The van der Waals surface area contributed by atoms with Crippen molar-refractivity contribution in [2.75, 3.05) is 6.54 Å². The summed E-state index contributed by atoms with van der Waals surface area (Å²) in [6.07, 6.45) is 3.76. The summed E-state index contributed by atoms with van der Waals surface area (Å²) in [4.78, 5) is 0. The zero-order valence-electron chi connectivity index (χ0n) is 11.5. The number of benzene rings is 1. The first-order chi connectivity index (χ1) is 8.38. The van der Waals surface area contributed by atoms with Crippen LogP contribution in [0.2, 0.25) is 0 Å². The molecule has 0 saturated heterocycles. The predicted octanol–water partition coefficient (Wildman–Crippen LogP) is 4.07. The maximum Gasteiger partial charge on any atom is 0.129 e. The number of hydrogen-bond acceptors (Lipinski definition) is 1. The lowest BCUT2D eigenvalue weighted by molar-refractivity contribution is 0.417. The van der Waals surface area contributed by atoms with Crippen LogP contribution in [0.3, 0.4) is 0 Å². The summed E-state index contributed by atoms with van der Waals surface area (Å²) in [5.74, 6) is -0.937. The molecular formula is C15H23F2N. The fourth-order valence-electron chi connectivity index (χ4n) is 1.81. The highest BCUT2D eigenvalue weighted by Gasteiger charge is 2.07. The van der Waals surface area contributed by atoms with Gasteiger partial charge in [0.15, 0.2) is 0 Å². The highest BCUT2D eigenvalue weighted by molar-refractivity contribution is 5.18. The molecule has 1 nitrogen and oxygen atoms in total. The van der Waals surface area contributed by atoms with Crippen LogP contribution in [0.4, 0.5) is 8.78 Å². The van der Waals surface area contributed by atoms with E-state index in [2.05, 4.69) is 26.1 Å².